The standard InChI is InChI=1S/C18H29N3O/c1-19-15-17-7-5-16(6-8-17)9-10-18(22)20-11-14-21-12-3-2-4-13-21/h5-8,19H,2-4,9-15H2,1H3,(H,20,22). The third kappa shape index (κ3) is 6.16. The summed E-state index contributed by atoms with van der Waals surface area (Å²) in [4.78, 5) is 14.3. The van der Waals surface area contributed by atoms with E-state index < -0.39 is 0 Å². The molecule has 0 spiro atoms. The van der Waals surface area contributed by atoms with Crippen molar-refractivity contribution >= 4 is 5.91 Å². The molecule has 0 bridgehead atoms. The summed E-state index contributed by atoms with van der Waals surface area (Å²) in [6.45, 7) is 5.03. The van der Waals surface area contributed by atoms with Crippen molar-refractivity contribution in [3.8, 4) is 0 Å². The van der Waals surface area contributed by atoms with Crippen molar-refractivity contribution < 1.29 is 4.79 Å². The number of aryl methyl sites for hydroxylation is 1. The van der Waals surface area contributed by atoms with Gasteiger partial charge < -0.3 is 15.5 Å². The zero-order valence-corrected chi connectivity index (χ0v) is 13.7. The fraction of sp³-hybridized carbons (Fsp3) is 0.611. The molecule has 4 nitrogen and oxygen atoms in total. The number of carbonyl (C=O) groups excluding carboxylic acids is 1. The lowest BCUT2D eigenvalue weighted by molar-refractivity contribution is -0.121. The highest BCUT2D eigenvalue weighted by molar-refractivity contribution is 5.76. The molecular formula is C18H29N3O. The minimum absolute atomic E-state index is 0.163. The SMILES string of the molecule is CNCc1ccc(CCC(=O)NCCN2CCCCC2)cc1. The van der Waals surface area contributed by atoms with Crippen LogP contribution in [-0.2, 0) is 17.8 Å². The number of carbonyl (C=O) groups is 1. The van der Waals surface area contributed by atoms with Gasteiger partial charge >= 0.3 is 0 Å². The van der Waals surface area contributed by atoms with Crippen LogP contribution in [0.3, 0.4) is 0 Å². The second-order valence-corrected chi connectivity index (χ2v) is 6.10. The summed E-state index contributed by atoms with van der Waals surface area (Å²) < 4.78 is 0. The number of hydrogen-bond acceptors (Lipinski definition) is 3. The summed E-state index contributed by atoms with van der Waals surface area (Å²) >= 11 is 0. The second-order valence-electron chi connectivity index (χ2n) is 6.10. The molecule has 0 unspecified atom stereocenters. The number of nitrogens with one attached hydrogen (secondary N) is 2. The van der Waals surface area contributed by atoms with Crippen LogP contribution in [0.25, 0.3) is 0 Å². The maximum Gasteiger partial charge on any atom is 0.220 e. The van der Waals surface area contributed by atoms with Crippen LogP contribution < -0.4 is 10.6 Å². The van der Waals surface area contributed by atoms with Crippen molar-refractivity contribution in [3.63, 3.8) is 0 Å². The van der Waals surface area contributed by atoms with Crippen LogP contribution in [0, 0.1) is 0 Å². The largest absolute Gasteiger partial charge is 0.355 e. The Labute approximate surface area is 134 Å². The summed E-state index contributed by atoms with van der Waals surface area (Å²) in [7, 11) is 1.95. The maximum atomic E-state index is 11.9. The molecule has 0 atom stereocenters. The minimum atomic E-state index is 0.163. The van der Waals surface area contributed by atoms with Gasteiger partial charge in [0, 0.05) is 26.1 Å². The predicted molar refractivity (Wildman–Crippen MR) is 90.8 cm³/mol. The monoisotopic (exact) mass is 303 g/mol. The molecule has 1 aromatic carbocycles. The summed E-state index contributed by atoms with van der Waals surface area (Å²) in [5.41, 5.74) is 2.50. The van der Waals surface area contributed by atoms with Gasteiger partial charge in [0.25, 0.3) is 0 Å². The lowest BCUT2D eigenvalue weighted by atomic mass is 10.1. The van der Waals surface area contributed by atoms with Gasteiger partial charge in [-0.1, -0.05) is 30.7 Å². The zero-order valence-electron chi connectivity index (χ0n) is 13.7. The summed E-state index contributed by atoms with van der Waals surface area (Å²) in [5.74, 6) is 0.163. The first kappa shape index (κ1) is 17.0. The van der Waals surface area contributed by atoms with Crippen LogP contribution in [0.1, 0.15) is 36.8 Å². The summed E-state index contributed by atoms with van der Waals surface area (Å²) in [6.07, 6.45) is 5.35. The number of hydrogen-bond donors (Lipinski definition) is 2. The van der Waals surface area contributed by atoms with Crippen molar-refractivity contribution in [3.05, 3.63) is 35.4 Å². The molecule has 1 saturated heterocycles. The molecule has 2 rings (SSSR count). The Morgan fingerprint density at radius 1 is 1.09 bits per heavy atom. The predicted octanol–water partition coefficient (Wildman–Crippen LogP) is 1.94. The quantitative estimate of drug-likeness (QED) is 0.771. The molecule has 2 N–H and O–H groups in total. The van der Waals surface area contributed by atoms with Crippen molar-refractivity contribution in [1.29, 1.82) is 0 Å². The van der Waals surface area contributed by atoms with Crippen molar-refractivity contribution in [1.82, 2.24) is 15.5 Å². The molecule has 1 heterocycles. The van der Waals surface area contributed by atoms with Crippen molar-refractivity contribution in [2.24, 2.45) is 0 Å². The maximum absolute atomic E-state index is 11.9. The number of benzene rings is 1. The summed E-state index contributed by atoms with van der Waals surface area (Å²) in [5, 5.41) is 6.18. The topological polar surface area (TPSA) is 44.4 Å². The molecule has 22 heavy (non-hydrogen) atoms. The number of rotatable bonds is 8. The van der Waals surface area contributed by atoms with Crippen LogP contribution in [-0.4, -0.2) is 44.0 Å². The molecule has 1 aliphatic rings. The Kier molecular flexibility index (Phi) is 7.40. The molecule has 0 radical (unpaired) electrons. The van der Waals surface area contributed by atoms with Crippen molar-refractivity contribution in [2.75, 3.05) is 33.2 Å². The van der Waals surface area contributed by atoms with Gasteiger partial charge in [-0.15, -0.1) is 0 Å². The van der Waals surface area contributed by atoms with Crippen LogP contribution >= 0.6 is 0 Å². The van der Waals surface area contributed by atoms with E-state index in [0.29, 0.717) is 6.42 Å². The number of likely N-dealkylation sites (tertiary alicyclic amines) is 1. The smallest absolute Gasteiger partial charge is 0.220 e. The van der Waals surface area contributed by atoms with Crippen LogP contribution in [0.4, 0.5) is 0 Å². The number of amides is 1. The molecule has 1 aromatic rings. The first-order chi connectivity index (χ1) is 10.8. The Morgan fingerprint density at radius 2 is 1.77 bits per heavy atom. The highest BCUT2D eigenvalue weighted by Gasteiger charge is 2.09. The lowest BCUT2D eigenvalue weighted by Gasteiger charge is -2.26. The lowest BCUT2D eigenvalue weighted by Crippen LogP contribution is -2.37. The van der Waals surface area contributed by atoms with E-state index in [4.69, 9.17) is 0 Å². The molecule has 1 fully saturated rings. The van der Waals surface area contributed by atoms with Crippen LogP contribution in [0.2, 0.25) is 0 Å². The second kappa shape index (κ2) is 9.59. The van der Waals surface area contributed by atoms with Gasteiger partial charge in [-0.3, -0.25) is 4.79 Å². The molecule has 122 valence electrons. The average molecular weight is 303 g/mol. The Hall–Kier alpha value is -1.39. The van der Waals surface area contributed by atoms with Gasteiger partial charge in [-0.2, -0.15) is 0 Å². The fourth-order valence-electron chi connectivity index (χ4n) is 2.91. The zero-order chi connectivity index (χ0) is 15.6. The first-order valence-electron chi connectivity index (χ1n) is 8.49. The number of nitrogens with zero attached hydrogens (tertiary/aromatic N) is 1. The van der Waals surface area contributed by atoms with E-state index in [1.54, 1.807) is 0 Å². The molecule has 0 aliphatic carbocycles. The van der Waals surface area contributed by atoms with E-state index in [0.717, 1.165) is 26.1 Å². The van der Waals surface area contributed by atoms with Gasteiger partial charge in [0.1, 0.15) is 0 Å². The van der Waals surface area contributed by atoms with E-state index in [1.165, 1.54) is 43.5 Å². The molecule has 1 aliphatic heterocycles. The first-order valence-corrected chi connectivity index (χ1v) is 8.49. The highest BCUT2D eigenvalue weighted by Crippen LogP contribution is 2.08. The fourth-order valence-corrected chi connectivity index (χ4v) is 2.91. The van der Waals surface area contributed by atoms with E-state index in [1.807, 2.05) is 7.05 Å². The van der Waals surface area contributed by atoms with E-state index in [9.17, 15) is 4.79 Å². The van der Waals surface area contributed by atoms with Gasteiger partial charge in [0.2, 0.25) is 5.91 Å². The van der Waals surface area contributed by atoms with Crippen molar-refractivity contribution in [2.45, 2.75) is 38.6 Å². The average Bonchev–Trinajstić information content (AvgIpc) is 2.55. The van der Waals surface area contributed by atoms with Gasteiger partial charge in [0.05, 0.1) is 0 Å². The van der Waals surface area contributed by atoms with Crippen LogP contribution in [0.5, 0.6) is 0 Å². The molecular weight excluding hydrogens is 274 g/mol. The number of piperidine rings is 1. The van der Waals surface area contributed by atoms with Gasteiger partial charge in [-0.05, 0) is 50.5 Å². The molecule has 4 heteroatoms. The Balaban J connectivity index is 1.60. The normalized spacial score (nSPS) is 15.7. The molecule has 0 saturated carbocycles. The molecule has 0 aromatic heterocycles. The van der Waals surface area contributed by atoms with E-state index >= 15 is 0 Å². The Morgan fingerprint density at radius 3 is 2.45 bits per heavy atom. The van der Waals surface area contributed by atoms with Crippen LogP contribution in [0.15, 0.2) is 24.3 Å². The molecule has 1 amide bonds. The minimum Gasteiger partial charge on any atom is -0.355 e. The van der Waals surface area contributed by atoms with E-state index in [2.05, 4.69) is 39.8 Å². The van der Waals surface area contributed by atoms with Gasteiger partial charge in [-0.25, -0.2) is 0 Å². The van der Waals surface area contributed by atoms with Gasteiger partial charge in [0.15, 0.2) is 0 Å². The van der Waals surface area contributed by atoms with E-state index in [-0.39, 0.29) is 5.91 Å². The third-order valence-electron chi connectivity index (χ3n) is 4.24. The highest BCUT2D eigenvalue weighted by atomic mass is 16.1. The summed E-state index contributed by atoms with van der Waals surface area (Å²) in [6, 6.07) is 8.49. The Bertz CT molecular complexity index is 438. The third-order valence-corrected chi connectivity index (χ3v) is 4.24.